The van der Waals surface area contributed by atoms with Gasteiger partial charge in [0.05, 0.1) is 6.04 Å². The summed E-state index contributed by atoms with van der Waals surface area (Å²) < 4.78 is 5.69. The molecule has 1 aliphatic carbocycles. The summed E-state index contributed by atoms with van der Waals surface area (Å²) in [6.07, 6.45) is 10.7. The van der Waals surface area contributed by atoms with Crippen LogP contribution in [0.25, 0.3) is 0 Å². The fourth-order valence-corrected chi connectivity index (χ4v) is 3.94. The van der Waals surface area contributed by atoms with Gasteiger partial charge in [0.1, 0.15) is 0 Å². The fourth-order valence-electron chi connectivity index (χ4n) is 3.94. The van der Waals surface area contributed by atoms with Gasteiger partial charge in [0.25, 0.3) is 0 Å². The predicted octanol–water partition coefficient (Wildman–Crippen LogP) is 1.41. The molecule has 84 valence electrons. The van der Waals surface area contributed by atoms with Crippen molar-refractivity contribution in [1.82, 2.24) is 4.90 Å². The van der Waals surface area contributed by atoms with Crippen LogP contribution in [0.3, 0.4) is 0 Å². The first-order valence-corrected chi connectivity index (χ1v) is 6.19. The lowest BCUT2D eigenvalue weighted by Gasteiger charge is -2.37. The van der Waals surface area contributed by atoms with Gasteiger partial charge >= 0.3 is 5.97 Å². The van der Waals surface area contributed by atoms with Crippen molar-refractivity contribution in [1.29, 1.82) is 0 Å². The Labute approximate surface area is 94.8 Å². The van der Waals surface area contributed by atoms with E-state index >= 15 is 0 Å². The molecule has 2 fully saturated rings. The predicted molar refractivity (Wildman–Crippen MR) is 58.8 cm³/mol. The number of piperidine rings is 1. The minimum atomic E-state index is -0.281. The molecule has 2 bridgehead atoms. The van der Waals surface area contributed by atoms with Crippen molar-refractivity contribution in [3.05, 3.63) is 23.8 Å². The maximum absolute atomic E-state index is 11.5. The van der Waals surface area contributed by atoms with Crippen LogP contribution in [0.15, 0.2) is 23.8 Å². The van der Waals surface area contributed by atoms with E-state index in [-0.39, 0.29) is 11.6 Å². The molecule has 16 heavy (non-hydrogen) atoms. The lowest BCUT2D eigenvalue weighted by atomic mass is 9.80. The van der Waals surface area contributed by atoms with Gasteiger partial charge in [0, 0.05) is 24.1 Å². The Kier molecular flexibility index (Phi) is 1.56. The first-order chi connectivity index (χ1) is 7.79. The Morgan fingerprint density at radius 2 is 2.38 bits per heavy atom. The van der Waals surface area contributed by atoms with E-state index in [2.05, 4.69) is 17.1 Å². The highest BCUT2D eigenvalue weighted by molar-refractivity contribution is 5.88. The largest absolute Gasteiger partial charge is 0.449 e. The van der Waals surface area contributed by atoms with Crippen LogP contribution >= 0.6 is 0 Å². The van der Waals surface area contributed by atoms with Crippen molar-refractivity contribution in [3.63, 3.8) is 0 Å². The molecule has 4 aliphatic rings. The van der Waals surface area contributed by atoms with Crippen molar-refractivity contribution in [2.24, 2.45) is 0 Å². The van der Waals surface area contributed by atoms with Crippen LogP contribution in [-0.2, 0) is 9.53 Å². The third kappa shape index (κ3) is 0.908. The van der Waals surface area contributed by atoms with Crippen molar-refractivity contribution in [2.45, 2.75) is 43.4 Å². The van der Waals surface area contributed by atoms with E-state index in [1.807, 2.05) is 0 Å². The van der Waals surface area contributed by atoms with Gasteiger partial charge in [-0.05, 0) is 19.4 Å². The zero-order valence-electron chi connectivity index (χ0n) is 9.19. The average molecular weight is 217 g/mol. The second kappa shape index (κ2) is 2.77. The number of carbonyl (C=O) groups is 1. The Hall–Kier alpha value is -1.09. The minimum absolute atomic E-state index is 0.146. The van der Waals surface area contributed by atoms with Crippen molar-refractivity contribution in [3.8, 4) is 0 Å². The number of hydrogen-bond donors (Lipinski definition) is 0. The number of hydrogen-bond acceptors (Lipinski definition) is 3. The summed E-state index contributed by atoms with van der Waals surface area (Å²) in [6, 6.07) is 0.923. The summed E-state index contributed by atoms with van der Waals surface area (Å²) in [7, 11) is 0. The van der Waals surface area contributed by atoms with Crippen molar-refractivity contribution >= 4 is 5.97 Å². The molecule has 3 atom stereocenters. The third-order valence-corrected chi connectivity index (χ3v) is 4.56. The molecule has 0 aromatic carbocycles. The normalized spacial score (nSPS) is 45.0. The summed E-state index contributed by atoms with van der Waals surface area (Å²) in [4.78, 5) is 14.1. The smallest absolute Gasteiger partial charge is 0.332 e. The van der Waals surface area contributed by atoms with E-state index in [0.717, 1.165) is 18.5 Å². The minimum Gasteiger partial charge on any atom is -0.449 e. The molecular weight excluding hydrogens is 202 g/mol. The Balaban J connectivity index is 1.84. The standard InChI is InChI=1S/C13H15NO2/c15-12-7-9-4-5-10-8-13(9,16-12)11-3-1-2-6-14(10)11/h4-5,7,10-11H,1-3,6,8H2/t10-,11-,13+/m0/s1. The molecule has 0 radical (unpaired) electrons. The summed E-state index contributed by atoms with van der Waals surface area (Å²) in [5.41, 5.74) is 0.833. The van der Waals surface area contributed by atoms with Gasteiger partial charge in [-0.1, -0.05) is 18.6 Å². The van der Waals surface area contributed by atoms with Gasteiger partial charge in [-0.15, -0.1) is 0 Å². The van der Waals surface area contributed by atoms with Crippen LogP contribution in [0.4, 0.5) is 0 Å². The molecule has 0 aromatic rings. The summed E-state index contributed by atoms with van der Waals surface area (Å²) in [5, 5.41) is 0. The molecule has 3 nitrogen and oxygen atoms in total. The van der Waals surface area contributed by atoms with Gasteiger partial charge in [0.15, 0.2) is 5.60 Å². The average Bonchev–Trinajstić information content (AvgIpc) is 2.76. The van der Waals surface area contributed by atoms with Crippen LogP contribution in [0, 0.1) is 0 Å². The molecule has 0 amide bonds. The monoisotopic (exact) mass is 217 g/mol. The second-order valence-electron chi connectivity index (χ2n) is 5.29. The lowest BCUT2D eigenvalue weighted by Crippen LogP contribution is -2.48. The van der Waals surface area contributed by atoms with E-state index in [4.69, 9.17) is 4.74 Å². The summed E-state index contributed by atoms with van der Waals surface area (Å²) in [6.45, 7) is 1.16. The number of fused-ring (bicyclic) bond motifs is 3. The molecule has 2 saturated heterocycles. The van der Waals surface area contributed by atoms with Crippen molar-refractivity contribution < 1.29 is 9.53 Å². The maximum Gasteiger partial charge on any atom is 0.332 e. The van der Waals surface area contributed by atoms with Gasteiger partial charge in [-0.25, -0.2) is 4.79 Å². The van der Waals surface area contributed by atoms with E-state index < -0.39 is 0 Å². The first kappa shape index (κ1) is 8.99. The van der Waals surface area contributed by atoms with E-state index in [1.54, 1.807) is 6.08 Å². The number of nitrogens with zero attached hydrogens (tertiary/aromatic N) is 1. The quantitative estimate of drug-likeness (QED) is 0.574. The highest BCUT2D eigenvalue weighted by Gasteiger charge is 2.59. The first-order valence-electron chi connectivity index (χ1n) is 6.19. The van der Waals surface area contributed by atoms with Crippen LogP contribution in [0.5, 0.6) is 0 Å². The molecule has 0 aromatic heterocycles. The Morgan fingerprint density at radius 1 is 1.44 bits per heavy atom. The number of rotatable bonds is 0. The van der Waals surface area contributed by atoms with Crippen LogP contribution < -0.4 is 0 Å². The van der Waals surface area contributed by atoms with Crippen molar-refractivity contribution in [2.75, 3.05) is 6.54 Å². The Morgan fingerprint density at radius 3 is 3.31 bits per heavy atom. The van der Waals surface area contributed by atoms with Crippen LogP contribution in [-0.4, -0.2) is 35.1 Å². The van der Waals surface area contributed by atoms with E-state index in [1.165, 1.54) is 19.3 Å². The van der Waals surface area contributed by atoms with Crippen LogP contribution in [0.1, 0.15) is 25.7 Å². The van der Waals surface area contributed by atoms with Gasteiger partial charge < -0.3 is 4.74 Å². The molecule has 0 unspecified atom stereocenters. The number of ether oxygens (including phenoxy) is 1. The summed E-state index contributed by atoms with van der Waals surface area (Å²) in [5.74, 6) is -0.146. The number of esters is 1. The number of carbonyl (C=O) groups excluding carboxylic acids is 1. The highest BCUT2D eigenvalue weighted by atomic mass is 16.6. The highest BCUT2D eigenvalue weighted by Crippen LogP contribution is 2.51. The lowest BCUT2D eigenvalue weighted by molar-refractivity contribution is -0.148. The zero-order valence-corrected chi connectivity index (χ0v) is 9.19. The fraction of sp³-hybridized carbons (Fsp3) is 0.615. The second-order valence-corrected chi connectivity index (χ2v) is 5.29. The molecule has 4 rings (SSSR count). The molecular formula is C13H15NO2. The van der Waals surface area contributed by atoms with Gasteiger partial charge in [-0.2, -0.15) is 0 Å². The SMILES string of the molecule is O=C1C=C2C=C[C@H]3C[C@]2(O1)[C@@H]1CCCCN13. The molecule has 3 heterocycles. The van der Waals surface area contributed by atoms with Gasteiger partial charge in [0.2, 0.25) is 0 Å². The molecule has 3 heteroatoms. The zero-order chi connectivity index (χ0) is 10.8. The Bertz CT molecular complexity index is 426. The molecule has 0 N–H and O–H groups in total. The summed E-state index contributed by atoms with van der Waals surface area (Å²) >= 11 is 0. The van der Waals surface area contributed by atoms with E-state index in [9.17, 15) is 4.79 Å². The third-order valence-electron chi connectivity index (χ3n) is 4.56. The molecule has 3 aliphatic heterocycles. The van der Waals surface area contributed by atoms with Crippen LogP contribution in [0.2, 0.25) is 0 Å². The van der Waals surface area contributed by atoms with E-state index in [0.29, 0.717) is 12.1 Å². The molecule has 1 spiro atoms. The molecule has 0 saturated carbocycles. The maximum atomic E-state index is 11.5. The van der Waals surface area contributed by atoms with Gasteiger partial charge in [-0.3, -0.25) is 4.90 Å². The topological polar surface area (TPSA) is 29.5 Å².